The number of amides is 2. The minimum Gasteiger partial charge on any atom is -0.480 e. The van der Waals surface area contributed by atoms with Crippen molar-refractivity contribution in [3.8, 4) is 0 Å². The lowest BCUT2D eigenvalue weighted by atomic mass is 10.2. The average molecular weight is 275 g/mol. The molecule has 1 aromatic rings. The van der Waals surface area contributed by atoms with Crippen molar-refractivity contribution in [3.05, 3.63) is 29.0 Å². The van der Waals surface area contributed by atoms with E-state index in [-0.39, 0.29) is 17.1 Å². The molecule has 0 radical (unpaired) electrons. The lowest BCUT2D eigenvalue weighted by Crippen LogP contribution is -2.42. The highest BCUT2D eigenvalue weighted by Crippen LogP contribution is 2.17. The third-order valence-electron chi connectivity index (χ3n) is 2.13. The van der Waals surface area contributed by atoms with Crippen molar-refractivity contribution in [1.29, 1.82) is 0 Å². The van der Waals surface area contributed by atoms with Crippen molar-refractivity contribution in [2.45, 2.75) is 19.4 Å². The van der Waals surface area contributed by atoms with Crippen molar-refractivity contribution >= 4 is 29.3 Å². The molecule has 0 unspecified atom stereocenters. The first-order valence-corrected chi connectivity index (χ1v) is 5.56. The number of anilines is 1. The molecule has 3 N–H and O–H groups in total. The van der Waals surface area contributed by atoms with E-state index in [1.54, 1.807) is 6.92 Å². The number of rotatable bonds is 4. The number of urea groups is 1. The third kappa shape index (κ3) is 4.21. The summed E-state index contributed by atoms with van der Waals surface area (Å²) in [5.74, 6) is -1.73. The maximum atomic E-state index is 13.0. The summed E-state index contributed by atoms with van der Waals surface area (Å²) in [6, 6.07) is 1.80. The topological polar surface area (TPSA) is 78.4 Å². The van der Waals surface area contributed by atoms with Crippen molar-refractivity contribution in [2.24, 2.45) is 0 Å². The minimum absolute atomic E-state index is 0.135. The molecular formula is C11H12ClFN2O3. The first-order chi connectivity index (χ1) is 8.42. The van der Waals surface area contributed by atoms with Gasteiger partial charge < -0.3 is 15.7 Å². The third-order valence-corrected chi connectivity index (χ3v) is 2.35. The summed E-state index contributed by atoms with van der Waals surface area (Å²) in [6.45, 7) is 1.62. The Bertz CT molecular complexity index is 447. The number of hydrogen-bond donors (Lipinski definition) is 3. The van der Waals surface area contributed by atoms with Gasteiger partial charge in [-0.2, -0.15) is 0 Å². The largest absolute Gasteiger partial charge is 0.480 e. The Labute approximate surface area is 108 Å². The molecule has 5 nitrogen and oxygen atoms in total. The fourth-order valence-corrected chi connectivity index (χ4v) is 1.51. The Balaban J connectivity index is 2.67. The van der Waals surface area contributed by atoms with Gasteiger partial charge in [0.25, 0.3) is 0 Å². The van der Waals surface area contributed by atoms with Crippen LogP contribution in [0.2, 0.25) is 5.02 Å². The molecular weight excluding hydrogens is 263 g/mol. The van der Waals surface area contributed by atoms with Gasteiger partial charge in [-0.05, 0) is 24.6 Å². The van der Waals surface area contributed by atoms with E-state index < -0.39 is 23.9 Å². The Morgan fingerprint density at radius 2 is 2.11 bits per heavy atom. The van der Waals surface area contributed by atoms with Crippen molar-refractivity contribution in [1.82, 2.24) is 5.32 Å². The summed E-state index contributed by atoms with van der Waals surface area (Å²) in [5.41, 5.74) is 0.151. The number of hydrogen-bond acceptors (Lipinski definition) is 2. The zero-order valence-electron chi connectivity index (χ0n) is 9.54. The zero-order chi connectivity index (χ0) is 13.7. The number of carboxylic acid groups (broad SMARTS) is 1. The molecule has 0 saturated carbocycles. The molecule has 0 aliphatic carbocycles. The van der Waals surface area contributed by atoms with Gasteiger partial charge in [-0.15, -0.1) is 0 Å². The number of halogens is 2. The van der Waals surface area contributed by atoms with Gasteiger partial charge in [-0.25, -0.2) is 14.0 Å². The highest BCUT2D eigenvalue weighted by Gasteiger charge is 2.17. The summed E-state index contributed by atoms with van der Waals surface area (Å²) >= 11 is 5.61. The van der Waals surface area contributed by atoms with E-state index in [9.17, 15) is 14.0 Å². The van der Waals surface area contributed by atoms with Crippen LogP contribution in [0.5, 0.6) is 0 Å². The molecule has 0 aliphatic heterocycles. The molecule has 98 valence electrons. The van der Waals surface area contributed by atoms with Gasteiger partial charge >= 0.3 is 12.0 Å². The lowest BCUT2D eigenvalue weighted by Gasteiger charge is -2.13. The second-order valence-electron chi connectivity index (χ2n) is 3.56. The predicted molar refractivity (Wildman–Crippen MR) is 65.3 cm³/mol. The molecule has 0 fully saturated rings. The molecule has 0 aromatic heterocycles. The number of carbonyl (C=O) groups excluding carboxylic acids is 1. The van der Waals surface area contributed by atoms with E-state index >= 15 is 0 Å². The summed E-state index contributed by atoms with van der Waals surface area (Å²) in [5, 5.41) is 13.4. The van der Waals surface area contributed by atoms with Gasteiger partial charge in [0.1, 0.15) is 11.9 Å². The maximum Gasteiger partial charge on any atom is 0.326 e. The molecule has 1 atom stereocenters. The highest BCUT2D eigenvalue weighted by molar-refractivity contribution is 6.30. The quantitative estimate of drug-likeness (QED) is 0.789. The number of benzene rings is 1. The first-order valence-electron chi connectivity index (χ1n) is 5.18. The van der Waals surface area contributed by atoms with Crippen molar-refractivity contribution in [2.75, 3.05) is 5.32 Å². The first kappa shape index (κ1) is 14.2. The Morgan fingerprint density at radius 1 is 1.44 bits per heavy atom. The smallest absolute Gasteiger partial charge is 0.326 e. The number of carboxylic acids is 1. The van der Waals surface area contributed by atoms with Crippen molar-refractivity contribution < 1.29 is 19.1 Å². The van der Waals surface area contributed by atoms with Gasteiger partial charge in [0.2, 0.25) is 0 Å². The SMILES string of the molecule is CC[C@@H](NC(=O)Nc1cc(F)cc(Cl)c1)C(=O)O. The van der Waals surface area contributed by atoms with Crippen LogP contribution in [0, 0.1) is 5.82 Å². The summed E-state index contributed by atoms with van der Waals surface area (Å²) in [6.07, 6.45) is 0.243. The molecule has 0 bridgehead atoms. The summed E-state index contributed by atoms with van der Waals surface area (Å²) in [4.78, 5) is 22.2. The van der Waals surface area contributed by atoms with Gasteiger partial charge in [0.15, 0.2) is 0 Å². The predicted octanol–water partition coefficient (Wildman–Crippen LogP) is 2.46. The van der Waals surface area contributed by atoms with Gasteiger partial charge in [-0.3, -0.25) is 0 Å². The van der Waals surface area contributed by atoms with Crippen LogP contribution in [0.3, 0.4) is 0 Å². The summed E-state index contributed by atoms with van der Waals surface area (Å²) < 4.78 is 13.0. The Kier molecular flexibility index (Phi) is 4.91. The van der Waals surface area contributed by atoms with E-state index in [1.165, 1.54) is 6.07 Å². The van der Waals surface area contributed by atoms with Crippen LogP contribution in [-0.2, 0) is 4.79 Å². The molecule has 0 saturated heterocycles. The number of aliphatic carboxylic acids is 1. The molecule has 0 spiro atoms. The fraction of sp³-hybridized carbons (Fsp3) is 0.273. The average Bonchev–Trinajstić information content (AvgIpc) is 2.23. The van der Waals surface area contributed by atoms with Crippen LogP contribution in [0.1, 0.15) is 13.3 Å². The van der Waals surface area contributed by atoms with Crippen LogP contribution < -0.4 is 10.6 Å². The van der Waals surface area contributed by atoms with E-state index in [0.29, 0.717) is 0 Å². The minimum atomic E-state index is -1.13. The highest BCUT2D eigenvalue weighted by atomic mass is 35.5. The second kappa shape index (κ2) is 6.20. The fourth-order valence-electron chi connectivity index (χ4n) is 1.29. The lowest BCUT2D eigenvalue weighted by molar-refractivity contribution is -0.139. The molecule has 7 heteroatoms. The monoisotopic (exact) mass is 274 g/mol. The molecule has 0 aliphatic rings. The maximum absolute atomic E-state index is 13.0. The zero-order valence-corrected chi connectivity index (χ0v) is 10.3. The number of nitrogens with one attached hydrogen (secondary N) is 2. The Morgan fingerprint density at radius 3 is 2.61 bits per heavy atom. The summed E-state index contributed by atoms with van der Waals surface area (Å²) in [7, 11) is 0. The molecule has 2 amide bonds. The second-order valence-corrected chi connectivity index (χ2v) is 3.99. The van der Waals surface area contributed by atoms with E-state index in [4.69, 9.17) is 16.7 Å². The normalized spacial score (nSPS) is 11.7. The van der Waals surface area contributed by atoms with Crippen molar-refractivity contribution in [3.63, 3.8) is 0 Å². The molecule has 1 aromatic carbocycles. The Hall–Kier alpha value is -1.82. The van der Waals surface area contributed by atoms with Gasteiger partial charge in [0, 0.05) is 10.7 Å². The van der Waals surface area contributed by atoms with Crippen LogP contribution in [0.15, 0.2) is 18.2 Å². The van der Waals surface area contributed by atoms with E-state index in [2.05, 4.69) is 10.6 Å². The standard InChI is InChI=1S/C11H12ClFN2O3/c1-2-9(10(16)17)15-11(18)14-8-4-6(12)3-7(13)5-8/h3-5,9H,2H2,1H3,(H,16,17)(H2,14,15,18)/t9-/m1/s1. The number of carbonyl (C=O) groups is 2. The van der Waals surface area contributed by atoms with Crippen LogP contribution in [0.25, 0.3) is 0 Å². The molecule has 0 heterocycles. The van der Waals surface area contributed by atoms with Crippen LogP contribution in [0.4, 0.5) is 14.9 Å². The molecule has 18 heavy (non-hydrogen) atoms. The van der Waals surface area contributed by atoms with Gasteiger partial charge in [0.05, 0.1) is 0 Å². The van der Waals surface area contributed by atoms with E-state index in [1.807, 2.05) is 0 Å². The van der Waals surface area contributed by atoms with Gasteiger partial charge in [-0.1, -0.05) is 18.5 Å². The van der Waals surface area contributed by atoms with E-state index in [0.717, 1.165) is 12.1 Å². The van der Waals surface area contributed by atoms with Crippen LogP contribution in [-0.4, -0.2) is 23.1 Å². The molecule has 1 rings (SSSR count). The van der Waals surface area contributed by atoms with Crippen LogP contribution >= 0.6 is 11.6 Å².